The highest BCUT2D eigenvalue weighted by Gasteiger charge is 2.34. The van der Waals surface area contributed by atoms with Gasteiger partial charge in [0.25, 0.3) is 5.91 Å². The number of pyridine rings is 1. The molecule has 1 aliphatic carbocycles. The van der Waals surface area contributed by atoms with Gasteiger partial charge in [-0.3, -0.25) is 9.78 Å². The number of aromatic nitrogens is 1. The van der Waals surface area contributed by atoms with E-state index in [0.717, 1.165) is 19.1 Å². The Labute approximate surface area is 107 Å². The van der Waals surface area contributed by atoms with Gasteiger partial charge < -0.3 is 10.2 Å². The summed E-state index contributed by atoms with van der Waals surface area (Å²) in [5, 5.41) is 2.99. The Bertz CT molecular complexity index is 416. The molecule has 1 aromatic heterocycles. The van der Waals surface area contributed by atoms with Crippen molar-refractivity contribution in [1.29, 1.82) is 0 Å². The lowest BCUT2D eigenvalue weighted by Gasteiger charge is -2.15. The third kappa shape index (κ3) is 2.70. The van der Waals surface area contributed by atoms with E-state index in [1.165, 1.54) is 25.8 Å². The van der Waals surface area contributed by atoms with E-state index in [0.29, 0.717) is 11.6 Å². The first-order chi connectivity index (χ1) is 8.83. The lowest BCUT2D eigenvalue weighted by molar-refractivity contribution is 0.0942. The molecular formula is C14H19N3O. The Morgan fingerprint density at radius 2 is 2.28 bits per heavy atom. The topological polar surface area (TPSA) is 45.2 Å². The molecule has 0 aromatic carbocycles. The number of carbonyl (C=O) groups excluding carboxylic acids is 1. The fourth-order valence-corrected chi connectivity index (χ4v) is 2.63. The molecule has 1 aliphatic heterocycles. The van der Waals surface area contributed by atoms with Gasteiger partial charge >= 0.3 is 0 Å². The van der Waals surface area contributed by atoms with Crippen molar-refractivity contribution in [2.75, 3.05) is 19.6 Å². The molecule has 1 N–H and O–H groups in total. The average molecular weight is 245 g/mol. The highest BCUT2D eigenvalue weighted by atomic mass is 16.1. The molecule has 1 saturated heterocycles. The van der Waals surface area contributed by atoms with Crippen LogP contribution < -0.4 is 5.32 Å². The Morgan fingerprint density at radius 1 is 1.39 bits per heavy atom. The molecule has 1 aromatic rings. The number of hydrogen-bond donors (Lipinski definition) is 1. The summed E-state index contributed by atoms with van der Waals surface area (Å²) in [6.07, 6.45) is 5.60. The molecule has 1 saturated carbocycles. The third-order valence-electron chi connectivity index (χ3n) is 3.83. The second-order valence-corrected chi connectivity index (χ2v) is 5.31. The van der Waals surface area contributed by atoms with E-state index in [4.69, 9.17) is 0 Å². The number of rotatable bonds is 4. The molecule has 0 spiro atoms. The molecule has 2 fully saturated rings. The number of hydrogen-bond acceptors (Lipinski definition) is 3. The van der Waals surface area contributed by atoms with Crippen LogP contribution in [-0.4, -0.2) is 41.5 Å². The number of nitrogens with one attached hydrogen (secondary N) is 1. The maximum atomic E-state index is 11.8. The average Bonchev–Trinajstić information content (AvgIpc) is 3.16. The van der Waals surface area contributed by atoms with Crippen molar-refractivity contribution in [3.05, 3.63) is 30.1 Å². The van der Waals surface area contributed by atoms with Crippen LogP contribution >= 0.6 is 0 Å². The molecule has 18 heavy (non-hydrogen) atoms. The third-order valence-corrected chi connectivity index (χ3v) is 3.83. The highest BCUT2D eigenvalue weighted by Crippen LogP contribution is 2.31. The van der Waals surface area contributed by atoms with Crippen LogP contribution in [0.1, 0.15) is 29.8 Å². The molecule has 2 heterocycles. The summed E-state index contributed by atoms with van der Waals surface area (Å²) in [5.41, 5.74) is 0.509. The van der Waals surface area contributed by atoms with Gasteiger partial charge in [0, 0.05) is 25.3 Å². The number of amides is 1. The van der Waals surface area contributed by atoms with Crippen molar-refractivity contribution in [3.63, 3.8) is 0 Å². The van der Waals surface area contributed by atoms with E-state index in [9.17, 15) is 4.79 Å². The summed E-state index contributed by atoms with van der Waals surface area (Å²) in [5.74, 6) is 0.554. The van der Waals surface area contributed by atoms with Crippen molar-refractivity contribution >= 4 is 5.91 Å². The fraction of sp³-hybridized carbons (Fsp3) is 0.571. The van der Waals surface area contributed by atoms with Crippen molar-refractivity contribution in [3.8, 4) is 0 Å². The molecule has 4 nitrogen and oxygen atoms in total. The minimum atomic E-state index is -0.0551. The summed E-state index contributed by atoms with van der Waals surface area (Å²) < 4.78 is 0. The summed E-state index contributed by atoms with van der Waals surface area (Å²) in [7, 11) is 0. The molecule has 1 amide bonds. The summed E-state index contributed by atoms with van der Waals surface area (Å²) in [6.45, 7) is 3.13. The summed E-state index contributed by atoms with van der Waals surface area (Å²) in [6, 6.07) is 6.26. The lowest BCUT2D eigenvalue weighted by Crippen LogP contribution is -2.31. The van der Waals surface area contributed by atoms with Crippen LogP contribution in [0.3, 0.4) is 0 Å². The Balaban J connectivity index is 1.45. The SMILES string of the molecule is O=C(NC[C@@H]1CCN(C2CC2)C1)c1ccccn1. The quantitative estimate of drug-likeness (QED) is 0.869. The standard InChI is InChI=1S/C14H19N3O/c18-14(13-3-1-2-7-15-13)16-9-11-6-8-17(10-11)12-4-5-12/h1-3,7,11-12H,4-6,8-10H2,(H,16,18)/t11-/m0/s1. The van der Waals surface area contributed by atoms with Gasteiger partial charge in [-0.2, -0.15) is 0 Å². The van der Waals surface area contributed by atoms with Crippen LogP contribution in [0.25, 0.3) is 0 Å². The van der Waals surface area contributed by atoms with E-state index in [-0.39, 0.29) is 5.91 Å². The molecular weight excluding hydrogens is 226 g/mol. The predicted octanol–water partition coefficient (Wildman–Crippen LogP) is 1.30. The predicted molar refractivity (Wildman–Crippen MR) is 69.3 cm³/mol. The first kappa shape index (κ1) is 11.7. The van der Waals surface area contributed by atoms with Crippen LogP contribution in [0, 0.1) is 5.92 Å². The molecule has 4 heteroatoms. The molecule has 2 aliphatic rings. The van der Waals surface area contributed by atoms with Crippen molar-refractivity contribution in [2.24, 2.45) is 5.92 Å². The van der Waals surface area contributed by atoms with Gasteiger partial charge in [-0.15, -0.1) is 0 Å². The Hall–Kier alpha value is -1.42. The molecule has 3 rings (SSSR count). The minimum absolute atomic E-state index is 0.0551. The molecule has 1 atom stereocenters. The zero-order valence-corrected chi connectivity index (χ0v) is 10.5. The largest absolute Gasteiger partial charge is 0.350 e. The first-order valence-electron chi connectivity index (χ1n) is 6.76. The number of carbonyl (C=O) groups is 1. The molecule has 0 unspecified atom stereocenters. The van der Waals surface area contributed by atoms with Crippen LogP contribution in [0.5, 0.6) is 0 Å². The molecule has 96 valence electrons. The Morgan fingerprint density at radius 3 is 3.00 bits per heavy atom. The highest BCUT2D eigenvalue weighted by molar-refractivity contribution is 5.92. The van der Waals surface area contributed by atoms with E-state index in [2.05, 4.69) is 15.2 Å². The van der Waals surface area contributed by atoms with Gasteiger partial charge in [-0.05, 0) is 43.9 Å². The van der Waals surface area contributed by atoms with E-state index < -0.39 is 0 Å². The van der Waals surface area contributed by atoms with Crippen LogP contribution in [0.15, 0.2) is 24.4 Å². The second kappa shape index (κ2) is 5.06. The number of likely N-dealkylation sites (tertiary alicyclic amines) is 1. The van der Waals surface area contributed by atoms with Gasteiger partial charge in [0.2, 0.25) is 0 Å². The van der Waals surface area contributed by atoms with Gasteiger partial charge in [-0.1, -0.05) is 6.07 Å². The first-order valence-corrected chi connectivity index (χ1v) is 6.76. The van der Waals surface area contributed by atoms with Crippen LogP contribution in [-0.2, 0) is 0 Å². The van der Waals surface area contributed by atoms with E-state index in [1.54, 1.807) is 12.3 Å². The van der Waals surface area contributed by atoms with Gasteiger partial charge in [0.15, 0.2) is 0 Å². The zero-order valence-electron chi connectivity index (χ0n) is 10.5. The van der Waals surface area contributed by atoms with Crippen LogP contribution in [0.4, 0.5) is 0 Å². The van der Waals surface area contributed by atoms with Crippen molar-refractivity contribution < 1.29 is 4.79 Å². The van der Waals surface area contributed by atoms with E-state index in [1.807, 2.05) is 12.1 Å². The molecule has 0 bridgehead atoms. The van der Waals surface area contributed by atoms with Crippen LogP contribution in [0.2, 0.25) is 0 Å². The maximum Gasteiger partial charge on any atom is 0.269 e. The van der Waals surface area contributed by atoms with Gasteiger partial charge in [0.1, 0.15) is 5.69 Å². The lowest BCUT2D eigenvalue weighted by atomic mass is 10.1. The maximum absolute atomic E-state index is 11.8. The number of nitrogens with zero attached hydrogens (tertiary/aromatic N) is 2. The fourth-order valence-electron chi connectivity index (χ4n) is 2.63. The normalized spacial score (nSPS) is 24.1. The van der Waals surface area contributed by atoms with E-state index >= 15 is 0 Å². The zero-order chi connectivity index (χ0) is 12.4. The second-order valence-electron chi connectivity index (χ2n) is 5.31. The smallest absolute Gasteiger partial charge is 0.269 e. The summed E-state index contributed by atoms with van der Waals surface area (Å²) in [4.78, 5) is 18.5. The van der Waals surface area contributed by atoms with Gasteiger partial charge in [0.05, 0.1) is 0 Å². The molecule has 0 radical (unpaired) electrons. The van der Waals surface area contributed by atoms with Crippen molar-refractivity contribution in [1.82, 2.24) is 15.2 Å². The van der Waals surface area contributed by atoms with Gasteiger partial charge in [-0.25, -0.2) is 0 Å². The minimum Gasteiger partial charge on any atom is -0.350 e. The van der Waals surface area contributed by atoms with Crippen molar-refractivity contribution in [2.45, 2.75) is 25.3 Å². The Kier molecular flexibility index (Phi) is 3.28. The summed E-state index contributed by atoms with van der Waals surface area (Å²) >= 11 is 0. The monoisotopic (exact) mass is 245 g/mol.